The molecule has 9 heteroatoms. The normalized spacial score (nSPS) is 18.8. The monoisotopic (exact) mass is 393 g/mol. The molecule has 1 aromatic carbocycles. The van der Waals surface area contributed by atoms with Crippen LogP contribution in [0, 0.1) is 6.92 Å². The number of benzene rings is 1. The van der Waals surface area contributed by atoms with Gasteiger partial charge in [-0.05, 0) is 19.1 Å². The Balaban J connectivity index is 1.60. The Morgan fingerprint density at radius 3 is 2.59 bits per heavy atom. The maximum absolute atomic E-state index is 13.2. The Morgan fingerprint density at radius 2 is 1.93 bits per heavy atom. The molecule has 1 N–H and O–H groups in total. The summed E-state index contributed by atoms with van der Waals surface area (Å²) in [4.78, 5) is 31.0. The minimum Gasteiger partial charge on any atom is -0.351 e. The van der Waals surface area contributed by atoms with E-state index in [4.69, 9.17) is 0 Å². The van der Waals surface area contributed by atoms with Gasteiger partial charge in [0.1, 0.15) is 5.82 Å². The molecule has 9 nitrogen and oxygen atoms in total. The zero-order valence-electron chi connectivity index (χ0n) is 16.6. The van der Waals surface area contributed by atoms with Crippen LogP contribution in [-0.2, 0) is 11.8 Å². The zero-order valence-corrected chi connectivity index (χ0v) is 16.6. The van der Waals surface area contributed by atoms with Crippen LogP contribution >= 0.6 is 0 Å². The van der Waals surface area contributed by atoms with E-state index in [1.54, 1.807) is 15.8 Å². The van der Waals surface area contributed by atoms with Crippen molar-refractivity contribution >= 4 is 11.8 Å². The highest BCUT2D eigenvalue weighted by molar-refractivity contribution is 5.93. The lowest BCUT2D eigenvalue weighted by Gasteiger charge is -2.18. The number of hydrogen-bond acceptors (Lipinski definition) is 5. The van der Waals surface area contributed by atoms with Gasteiger partial charge in [0.05, 0.1) is 23.3 Å². The molecule has 29 heavy (non-hydrogen) atoms. The molecule has 3 aromatic rings. The molecule has 0 unspecified atom stereocenters. The second kappa shape index (κ2) is 7.50. The van der Waals surface area contributed by atoms with E-state index in [9.17, 15) is 9.59 Å². The van der Waals surface area contributed by atoms with Crippen LogP contribution in [0.3, 0.4) is 0 Å². The Bertz CT molecular complexity index is 1040. The van der Waals surface area contributed by atoms with Crippen molar-refractivity contribution in [1.82, 2.24) is 34.8 Å². The van der Waals surface area contributed by atoms with E-state index in [1.807, 2.05) is 55.1 Å². The summed E-state index contributed by atoms with van der Waals surface area (Å²) in [6.07, 6.45) is 3.58. The molecule has 4 rings (SSSR count). The van der Waals surface area contributed by atoms with Crippen molar-refractivity contribution in [3.63, 3.8) is 0 Å². The van der Waals surface area contributed by atoms with Crippen LogP contribution < -0.4 is 5.32 Å². The number of nitrogens with zero attached hydrogens (tertiary/aromatic N) is 6. The molecule has 150 valence electrons. The molecule has 2 aromatic heterocycles. The fraction of sp³-hybridized carbons (Fsp3) is 0.350. The molecule has 0 radical (unpaired) electrons. The molecule has 3 heterocycles. The second-order valence-corrected chi connectivity index (χ2v) is 7.29. The fourth-order valence-corrected chi connectivity index (χ4v) is 3.86. The third-order valence-corrected chi connectivity index (χ3v) is 5.28. The first-order valence-electron chi connectivity index (χ1n) is 9.47. The van der Waals surface area contributed by atoms with E-state index in [-0.39, 0.29) is 23.8 Å². The molecule has 0 spiro atoms. The van der Waals surface area contributed by atoms with E-state index < -0.39 is 0 Å². The number of aromatic nitrogens is 5. The first kappa shape index (κ1) is 18.9. The van der Waals surface area contributed by atoms with Crippen LogP contribution in [0.1, 0.15) is 34.8 Å². The predicted molar refractivity (Wildman–Crippen MR) is 106 cm³/mol. The van der Waals surface area contributed by atoms with E-state index >= 15 is 0 Å². The molecule has 2 amide bonds. The number of para-hydroxylation sites is 1. The average molecular weight is 393 g/mol. The van der Waals surface area contributed by atoms with Gasteiger partial charge >= 0.3 is 0 Å². The number of amides is 2. The van der Waals surface area contributed by atoms with E-state index in [1.165, 1.54) is 6.92 Å². The largest absolute Gasteiger partial charge is 0.351 e. The molecule has 1 saturated heterocycles. The highest BCUT2D eigenvalue weighted by atomic mass is 16.2. The number of aryl methyl sites for hydroxylation is 1. The van der Waals surface area contributed by atoms with Gasteiger partial charge in [0.25, 0.3) is 5.91 Å². The van der Waals surface area contributed by atoms with E-state index in [2.05, 4.69) is 20.6 Å². The molecule has 0 aliphatic carbocycles. The first-order valence-corrected chi connectivity index (χ1v) is 9.47. The summed E-state index contributed by atoms with van der Waals surface area (Å²) in [6.45, 7) is 4.16. The van der Waals surface area contributed by atoms with Crippen molar-refractivity contribution in [2.45, 2.75) is 25.8 Å². The van der Waals surface area contributed by atoms with Gasteiger partial charge in [0.15, 0.2) is 5.69 Å². The molecule has 0 saturated carbocycles. The molecular weight excluding hydrogens is 370 g/mol. The van der Waals surface area contributed by atoms with Crippen molar-refractivity contribution in [3.8, 4) is 5.69 Å². The van der Waals surface area contributed by atoms with Crippen LogP contribution in [0.25, 0.3) is 5.69 Å². The van der Waals surface area contributed by atoms with Crippen LogP contribution in [0.5, 0.6) is 0 Å². The minimum absolute atomic E-state index is 0.0904. The standard InChI is InChI=1S/C20H23N7O2/c1-13-18(23-24-27(13)15-7-5-4-6-8-15)20(29)26-11-16(17(12-26)22-14(2)28)19-21-9-10-25(19)3/h4-10,16-17H,11-12H2,1-3H3,(H,22,28)/t16-,17-/m1/s1. The third kappa shape index (κ3) is 3.51. The van der Waals surface area contributed by atoms with Gasteiger partial charge in [0.2, 0.25) is 5.91 Å². The van der Waals surface area contributed by atoms with Crippen molar-refractivity contribution in [3.05, 3.63) is 59.9 Å². The van der Waals surface area contributed by atoms with Crippen molar-refractivity contribution in [1.29, 1.82) is 0 Å². The Labute approximate surface area is 168 Å². The second-order valence-electron chi connectivity index (χ2n) is 7.29. The molecule has 2 atom stereocenters. The lowest BCUT2D eigenvalue weighted by Crippen LogP contribution is -2.39. The summed E-state index contributed by atoms with van der Waals surface area (Å²) in [6, 6.07) is 9.36. The zero-order chi connectivity index (χ0) is 20.5. The predicted octanol–water partition coefficient (Wildman–Crippen LogP) is 1.05. The summed E-state index contributed by atoms with van der Waals surface area (Å²) < 4.78 is 3.58. The summed E-state index contributed by atoms with van der Waals surface area (Å²) in [7, 11) is 1.91. The topological polar surface area (TPSA) is 97.9 Å². The average Bonchev–Trinajstić information content (AvgIpc) is 3.40. The maximum Gasteiger partial charge on any atom is 0.276 e. The fourth-order valence-electron chi connectivity index (χ4n) is 3.86. The Kier molecular flexibility index (Phi) is 4.87. The maximum atomic E-state index is 13.2. The van der Waals surface area contributed by atoms with E-state index in [0.29, 0.717) is 24.5 Å². The Hall–Kier alpha value is -3.49. The molecule has 1 aliphatic rings. The number of nitrogens with one attached hydrogen (secondary N) is 1. The van der Waals surface area contributed by atoms with Gasteiger partial charge in [-0.25, -0.2) is 9.67 Å². The Morgan fingerprint density at radius 1 is 1.17 bits per heavy atom. The van der Waals surface area contributed by atoms with Gasteiger partial charge in [-0.1, -0.05) is 23.4 Å². The smallest absolute Gasteiger partial charge is 0.276 e. The van der Waals surface area contributed by atoms with Crippen LogP contribution in [0.2, 0.25) is 0 Å². The molecule has 1 aliphatic heterocycles. The minimum atomic E-state index is -0.206. The van der Waals surface area contributed by atoms with Crippen molar-refractivity contribution in [2.75, 3.05) is 13.1 Å². The first-order chi connectivity index (χ1) is 14.0. The number of likely N-dealkylation sites (tertiary alicyclic amines) is 1. The highest BCUT2D eigenvalue weighted by Crippen LogP contribution is 2.28. The SMILES string of the molecule is CC(=O)N[C@@H]1CN(C(=O)c2nnn(-c3ccccc3)c2C)C[C@H]1c1nccn1C. The molecule has 1 fully saturated rings. The number of carbonyl (C=O) groups excluding carboxylic acids is 2. The lowest BCUT2D eigenvalue weighted by atomic mass is 10.0. The number of imidazole rings is 1. The summed E-state index contributed by atoms with van der Waals surface area (Å²) in [5.74, 6) is 0.419. The lowest BCUT2D eigenvalue weighted by molar-refractivity contribution is -0.119. The number of hydrogen-bond donors (Lipinski definition) is 1. The van der Waals surface area contributed by atoms with Crippen molar-refractivity contribution in [2.24, 2.45) is 7.05 Å². The van der Waals surface area contributed by atoms with E-state index in [0.717, 1.165) is 11.5 Å². The highest BCUT2D eigenvalue weighted by Gasteiger charge is 2.40. The van der Waals surface area contributed by atoms with Gasteiger partial charge < -0.3 is 14.8 Å². The van der Waals surface area contributed by atoms with Crippen LogP contribution in [-0.4, -0.2) is 60.4 Å². The third-order valence-electron chi connectivity index (χ3n) is 5.28. The van der Waals surface area contributed by atoms with Gasteiger partial charge in [-0.2, -0.15) is 0 Å². The quantitative estimate of drug-likeness (QED) is 0.715. The number of rotatable bonds is 4. The molecule has 0 bridgehead atoms. The van der Waals surface area contributed by atoms with Crippen LogP contribution in [0.15, 0.2) is 42.7 Å². The van der Waals surface area contributed by atoms with Crippen molar-refractivity contribution < 1.29 is 9.59 Å². The summed E-state index contributed by atoms with van der Waals surface area (Å²) in [5.41, 5.74) is 1.84. The van der Waals surface area contributed by atoms with Gasteiger partial charge in [-0.3, -0.25) is 9.59 Å². The van der Waals surface area contributed by atoms with Gasteiger partial charge in [-0.15, -0.1) is 5.10 Å². The number of carbonyl (C=O) groups is 2. The molecular formula is C20H23N7O2. The summed E-state index contributed by atoms with van der Waals surface area (Å²) >= 11 is 0. The summed E-state index contributed by atoms with van der Waals surface area (Å²) in [5, 5.41) is 11.3. The van der Waals surface area contributed by atoms with Gasteiger partial charge in [0, 0.05) is 39.5 Å². The van der Waals surface area contributed by atoms with Crippen LogP contribution in [0.4, 0.5) is 0 Å².